The molecular formula is C19H36N3O11P. The molecule has 3 N–H and O–H groups in total. The number of rotatable bonds is 17. The average Bonchev–Trinajstić information content (AvgIpc) is 2.79. The van der Waals surface area contributed by atoms with Gasteiger partial charge in [-0.25, -0.2) is 18.9 Å². The fraction of sp³-hybridized carbons (Fsp3) is 0.789. The Hall–Kier alpha value is -2.57. The maximum atomic E-state index is 13.0. The Morgan fingerprint density at radius 2 is 1.29 bits per heavy atom. The molecule has 0 aliphatic heterocycles. The molecule has 0 saturated heterocycles. The second-order valence-corrected chi connectivity index (χ2v) is 8.47. The van der Waals surface area contributed by atoms with Crippen molar-refractivity contribution in [1.82, 2.24) is 4.90 Å². The zero-order chi connectivity index (χ0) is 26.0. The van der Waals surface area contributed by atoms with Gasteiger partial charge in [-0.1, -0.05) is 26.7 Å². The summed E-state index contributed by atoms with van der Waals surface area (Å²) in [7, 11) is -2.98. The number of guanidine groups is 1. The molecule has 0 aliphatic carbocycles. The van der Waals surface area contributed by atoms with Crippen LogP contribution in [-0.4, -0.2) is 87.0 Å². The van der Waals surface area contributed by atoms with E-state index in [2.05, 4.69) is 4.76 Å². The van der Waals surface area contributed by atoms with Gasteiger partial charge in [-0.3, -0.25) is 9.05 Å². The number of carbonyl (C=O) groups is 3. The lowest BCUT2D eigenvalue weighted by molar-refractivity contribution is -0.140. The first-order chi connectivity index (χ1) is 16.1. The summed E-state index contributed by atoms with van der Waals surface area (Å²) >= 11 is 0. The first kappa shape index (κ1) is 31.4. The van der Waals surface area contributed by atoms with Gasteiger partial charge in [-0.05, 0) is 19.8 Å². The predicted octanol–water partition coefficient (Wildman–Crippen LogP) is 2.75. The highest BCUT2D eigenvalue weighted by atomic mass is 31.2. The van der Waals surface area contributed by atoms with Crippen LogP contribution < -0.4 is 5.73 Å². The van der Waals surface area contributed by atoms with Crippen LogP contribution in [0.3, 0.4) is 0 Å². The standard InChI is InChI=1S/C19H36N3O11P/c1-5-7-9-28-18(25)30-11-13-32-34(27,21-17(20)22(4)15(3)16(23)24)33-14-12-31-19(26)29-10-8-6-2/h15H,5-14H2,1-4H3,(H,23,24)(H2,20,21,27). The lowest BCUT2D eigenvalue weighted by Crippen LogP contribution is -2.44. The highest BCUT2D eigenvalue weighted by Crippen LogP contribution is 2.49. The van der Waals surface area contributed by atoms with Gasteiger partial charge in [0.2, 0.25) is 5.96 Å². The third-order valence-electron chi connectivity index (χ3n) is 4.08. The summed E-state index contributed by atoms with van der Waals surface area (Å²) in [4.78, 5) is 35.1. The molecule has 34 heavy (non-hydrogen) atoms. The fourth-order valence-electron chi connectivity index (χ4n) is 1.89. The minimum Gasteiger partial charge on any atom is -0.480 e. The summed E-state index contributed by atoms with van der Waals surface area (Å²) in [5.41, 5.74) is 5.75. The van der Waals surface area contributed by atoms with Crippen LogP contribution in [0, 0.1) is 0 Å². The van der Waals surface area contributed by atoms with E-state index in [1.54, 1.807) is 0 Å². The van der Waals surface area contributed by atoms with Crippen LogP contribution in [0.25, 0.3) is 0 Å². The molecule has 0 saturated carbocycles. The summed E-state index contributed by atoms with van der Waals surface area (Å²) in [6.07, 6.45) is 1.21. The van der Waals surface area contributed by atoms with Crippen molar-refractivity contribution in [2.45, 2.75) is 52.5 Å². The Labute approximate surface area is 199 Å². The molecule has 0 rings (SSSR count). The summed E-state index contributed by atoms with van der Waals surface area (Å²) < 4.78 is 46.2. The van der Waals surface area contributed by atoms with Crippen molar-refractivity contribution in [1.29, 1.82) is 0 Å². The number of ether oxygens (including phenoxy) is 4. The van der Waals surface area contributed by atoms with Gasteiger partial charge in [0.1, 0.15) is 19.3 Å². The highest BCUT2D eigenvalue weighted by Gasteiger charge is 2.28. The van der Waals surface area contributed by atoms with E-state index >= 15 is 0 Å². The van der Waals surface area contributed by atoms with E-state index in [4.69, 9.17) is 38.8 Å². The Morgan fingerprint density at radius 1 is 0.882 bits per heavy atom. The van der Waals surface area contributed by atoms with E-state index in [0.717, 1.165) is 17.7 Å². The second-order valence-electron chi connectivity index (χ2n) is 6.82. The number of aliphatic carboxylic acids is 1. The van der Waals surface area contributed by atoms with Crippen molar-refractivity contribution in [2.75, 3.05) is 46.7 Å². The number of hydrogen-bond acceptors (Lipinski definition) is 10. The Bertz CT molecular complexity index is 671. The molecule has 0 radical (unpaired) electrons. The smallest absolute Gasteiger partial charge is 0.480 e. The van der Waals surface area contributed by atoms with Crippen LogP contribution in [0.5, 0.6) is 0 Å². The lowest BCUT2D eigenvalue weighted by atomic mass is 10.3. The fourth-order valence-corrected chi connectivity index (χ4v) is 3.09. The molecular weight excluding hydrogens is 477 g/mol. The van der Waals surface area contributed by atoms with Crippen molar-refractivity contribution < 1.29 is 52.1 Å². The Kier molecular flexibility index (Phi) is 16.5. The van der Waals surface area contributed by atoms with Crippen LogP contribution in [0.4, 0.5) is 9.59 Å². The van der Waals surface area contributed by atoms with E-state index in [1.165, 1.54) is 14.0 Å². The normalized spacial score (nSPS) is 12.5. The number of carboxylic acid groups (broad SMARTS) is 1. The third kappa shape index (κ3) is 14.6. The summed E-state index contributed by atoms with van der Waals surface area (Å²) in [5.74, 6) is -1.62. The Balaban J connectivity index is 4.92. The molecule has 198 valence electrons. The van der Waals surface area contributed by atoms with E-state index in [-0.39, 0.29) is 26.4 Å². The van der Waals surface area contributed by atoms with Crippen molar-refractivity contribution in [3.63, 3.8) is 0 Å². The minimum atomic E-state index is -4.31. The van der Waals surface area contributed by atoms with Crippen LogP contribution >= 0.6 is 7.75 Å². The number of hydrogen-bond donors (Lipinski definition) is 2. The molecule has 1 atom stereocenters. The number of nitrogens with two attached hydrogens (primary N) is 1. The molecule has 0 aliphatic rings. The molecule has 15 heteroatoms. The number of likely N-dealkylation sites (N-methyl/N-ethyl adjacent to an activating group) is 1. The molecule has 0 aromatic rings. The topological polar surface area (TPSA) is 186 Å². The van der Waals surface area contributed by atoms with Gasteiger partial charge in [-0.15, -0.1) is 4.76 Å². The van der Waals surface area contributed by atoms with Crippen LogP contribution in [0.15, 0.2) is 4.76 Å². The van der Waals surface area contributed by atoms with E-state index in [9.17, 15) is 18.9 Å². The van der Waals surface area contributed by atoms with Gasteiger partial charge in [-0.2, -0.15) is 0 Å². The molecule has 0 spiro atoms. The first-order valence-electron chi connectivity index (χ1n) is 10.9. The molecule has 0 bridgehead atoms. The SMILES string of the molecule is CCCCOC(=O)OCCOP(=O)(N=C(N)N(C)C(C)C(=O)O)OCCOC(=O)OCCCC. The first-order valence-corrected chi connectivity index (χ1v) is 12.3. The summed E-state index contributed by atoms with van der Waals surface area (Å²) in [5, 5.41) is 9.10. The van der Waals surface area contributed by atoms with Crippen molar-refractivity contribution in [3.05, 3.63) is 0 Å². The van der Waals surface area contributed by atoms with Gasteiger partial charge >= 0.3 is 26.0 Å². The maximum absolute atomic E-state index is 13.0. The summed E-state index contributed by atoms with van der Waals surface area (Å²) in [6, 6.07) is -1.08. The molecule has 0 aromatic heterocycles. The lowest BCUT2D eigenvalue weighted by Gasteiger charge is -2.23. The van der Waals surface area contributed by atoms with Gasteiger partial charge < -0.3 is 34.7 Å². The van der Waals surface area contributed by atoms with E-state index in [0.29, 0.717) is 12.8 Å². The molecule has 0 aromatic carbocycles. The van der Waals surface area contributed by atoms with Crippen LogP contribution in [-0.2, 0) is 37.4 Å². The number of unbranched alkanes of at least 4 members (excludes halogenated alkanes) is 2. The molecule has 0 fully saturated rings. The van der Waals surface area contributed by atoms with Crippen LogP contribution in [0.2, 0.25) is 0 Å². The molecule has 1 unspecified atom stereocenters. The number of carbonyl (C=O) groups excluding carboxylic acids is 2. The van der Waals surface area contributed by atoms with Crippen molar-refractivity contribution in [3.8, 4) is 0 Å². The highest BCUT2D eigenvalue weighted by molar-refractivity contribution is 7.52. The van der Waals surface area contributed by atoms with E-state index < -0.39 is 51.2 Å². The Morgan fingerprint density at radius 3 is 1.68 bits per heavy atom. The quantitative estimate of drug-likeness (QED) is 0.0951. The zero-order valence-corrected chi connectivity index (χ0v) is 21.0. The van der Waals surface area contributed by atoms with Crippen molar-refractivity contribution >= 4 is 32.0 Å². The molecule has 0 amide bonds. The number of carboxylic acids is 1. The molecule has 0 heterocycles. The third-order valence-corrected chi connectivity index (χ3v) is 5.54. The van der Waals surface area contributed by atoms with Crippen molar-refractivity contribution in [2.24, 2.45) is 10.5 Å². The van der Waals surface area contributed by atoms with Crippen LogP contribution in [0.1, 0.15) is 46.5 Å². The van der Waals surface area contributed by atoms with Gasteiger partial charge in [0.05, 0.1) is 26.4 Å². The zero-order valence-electron chi connectivity index (χ0n) is 20.1. The minimum absolute atomic E-state index is 0.202. The monoisotopic (exact) mass is 513 g/mol. The van der Waals surface area contributed by atoms with Gasteiger partial charge in [0.15, 0.2) is 0 Å². The van der Waals surface area contributed by atoms with E-state index in [1.807, 2.05) is 13.8 Å². The largest absolute Gasteiger partial charge is 0.508 e. The van der Waals surface area contributed by atoms with Gasteiger partial charge in [0, 0.05) is 7.05 Å². The maximum Gasteiger partial charge on any atom is 0.508 e. The second kappa shape index (κ2) is 17.8. The predicted molar refractivity (Wildman–Crippen MR) is 120 cm³/mol. The summed E-state index contributed by atoms with van der Waals surface area (Å²) in [6.45, 7) is 4.17. The number of nitrogens with zero attached hydrogens (tertiary/aromatic N) is 2. The molecule has 14 nitrogen and oxygen atoms in total. The van der Waals surface area contributed by atoms with Gasteiger partial charge in [0.25, 0.3) is 0 Å². The average molecular weight is 513 g/mol.